The molecule has 5 nitrogen and oxygen atoms in total. The molecule has 1 heterocycles. The molecule has 0 saturated heterocycles. The Bertz CT molecular complexity index is 931. The summed E-state index contributed by atoms with van der Waals surface area (Å²) in [6.45, 7) is 0. The zero-order chi connectivity index (χ0) is 16.3. The molecule has 23 heavy (non-hydrogen) atoms. The fraction of sp³-hybridized carbons (Fsp3) is 0. The molecule has 0 unspecified atom stereocenters. The van der Waals surface area contributed by atoms with Crippen molar-refractivity contribution in [3.8, 4) is 11.3 Å². The van der Waals surface area contributed by atoms with Gasteiger partial charge in [-0.25, -0.2) is 23.1 Å². The molecule has 0 spiro atoms. The fourth-order valence-electron chi connectivity index (χ4n) is 1.99. The molecule has 0 bridgehead atoms. The highest BCUT2D eigenvalue weighted by atomic mass is 35.5. The minimum absolute atomic E-state index is 0.00586. The van der Waals surface area contributed by atoms with Crippen LogP contribution in [0.4, 0.5) is 5.95 Å². The molecule has 1 N–H and O–H groups in total. The van der Waals surface area contributed by atoms with Crippen molar-refractivity contribution in [2.45, 2.75) is 4.90 Å². The lowest BCUT2D eigenvalue weighted by Crippen LogP contribution is -2.15. The second-order valence-electron chi connectivity index (χ2n) is 4.69. The number of hydrogen-bond donors (Lipinski definition) is 1. The number of aromatic nitrogens is 2. The van der Waals surface area contributed by atoms with Crippen molar-refractivity contribution in [3.05, 3.63) is 71.9 Å². The van der Waals surface area contributed by atoms with E-state index in [0.29, 0.717) is 10.7 Å². The van der Waals surface area contributed by atoms with Gasteiger partial charge in [0.2, 0.25) is 5.95 Å². The molecule has 0 radical (unpaired) electrons. The first-order chi connectivity index (χ1) is 11.0. The normalized spacial score (nSPS) is 11.2. The number of benzene rings is 2. The van der Waals surface area contributed by atoms with Crippen LogP contribution in [0.15, 0.2) is 71.8 Å². The third kappa shape index (κ3) is 3.67. The van der Waals surface area contributed by atoms with Crippen molar-refractivity contribution in [1.29, 1.82) is 0 Å². The molecule has 0 saturated carbocycles. The quantitative estimate of drug-likeness (QED) is 0.784. The van der Waals surface area contributed by atoms with E-state index in [4.69, 9.17) is 11.6 Å². The summed E-state index contributed by atoms with van der Waals surface area (Å²) in [5.41, 5.74) is 1.50. The van der Waals surface area contributed by atoms with Gasteiger partial charge in [0.1, 0.15) is 0 Å². The van der Waals surface area contributed by atoms with Crippen molar-refractivity contribution in [1.82, 2.24) is 9.97 Å². The first-order valence-electron chi connectivity index (χ1n) is 6.71. The van der Waals surface area contributed by atoms with E-state index in [0.717, 1.165) is 5.56 Å². The second kappa shape index (κ2) is 6.36. The van der Waals surface area contributed by atoms with Gasteiger partial charge in [-0.15, -0.1) is 0 Å². The van der Waals surface area contributed by atoms with Gasteiger partial charge in [-0.05, 0) is 24.3 Å². The largest absolute Gasteiger partial charge is 0.264 e. The van der Waals surface area contributed by atoms with Gasteiger partial charge in [-0.3, -0.25) is 0 Å². The van der Waals surface area contributed by atoms with E-state index in [-0.39, 0.29) is 10.8 Å². The van der Waals surface area contributed by atoms with E-state index in [1.165, 1.54) is 18.3 Å². The average molecular weight is 346 g/mol. The third-order valence-corrected chi connectivity index (χ3v) is 4.62. The summed E-state index contributed by atoms with van der Waals surface area (Å²) < 4.78 is 27.1. The average Bonchev–Trinajstić information content (AvgIpc) is 2.55. The number of nitrogens with zero attached hydrogens (tertiary/aromatic N) is 2. The highest BCUT2D eigenvalue weighted by Crippen LogP contribution is 2.20. The van der Waals surface area contributed by atoms with Gasteiger partial charge in [0.15, 0.2) is 0 Å². The van der Waals surface area contributed by atoms with E-state index < -0.39 is 10.0 Å². The molecule has 116 valence electrons. The molecule has 3 aromatic rings. The Kier molecular flexibility index (Phi) is 4.27. The molecule has 7 heteroatoms. The maximum absolute atomic E-state index is 12.4. The van der Waals surface area contributed by atoms with Crippen molar-refractivity contribution >= 4 is 27.6 Å². The first-order valence-corrected chi connectivity index (χ1v) is 8.57. The lowest BCUT2D eigenvalue weighted by atomic mass is 10.1. The Labute approximate surface area is 139 Å². The van der Waals surface area contributed by atoms with Gasteiger partial charge in [-0.1, -0.05) is 48.0 Å². The molecular weight excluding hydrogens is 334 g/mol. The summed E-state index contributed by atoms with van der Waals surface area (Å²) in [6, 6.07) is 17.1. The summed E-state index contributed by atoms with van der Waals surface area (Å²) in [6.07, 6.45) is 1.51. The van der Waals surface area contributed by atoms with Crippen LogP contribution in [0.3, 0.4) is 0 Å². The predicted molar refractivity (Wildman–Crippen MR) is 89.7 cm³/mol. The SMILES string of the molecule is O=S(=O)(Nc1nccc(-c2ccccc2)n1)c1cccc(Cl)c1. The van der Waals surface area contributed by atoms with Crippen LogP contribution in [-0.2, 0) is 10.0 Å². The molecular formula is C16H12ClN3O2S. The van der Waals surface area contributed by atoms with Crippen molar-refractivity contribution in [2.75, 3.05) is 4.72 Å². The molecule has 0 aliphatic heterocycles. The lowest BCUT2D eigenvalue weighted by molar-refractivity contribution is 0.601. The zero-order valence-corrected chi connectivity index (χ0v) is 13.4. The first kappa shape index (κ1) is 15.5. The number of halogens is 1. The Morgan fingerprint density at radius 1 is 0.957 bits per heavy atom. The Hall–Kier alpha value is -2.44. The van der Waals surface area contributed by atoms with Gasteiger partial charge in [0.25, 0.3) is 10.0 Å². The number of nitrogens with one attached hydrogen (secondary N) is 1. The standard InChI is InChI=1S/C16H12ClN3O2S/c17-13-7-4-8-14(11-13)23(21,22)20-16-18-10-9-15(19-16)12-5-2-1-3-6-12/h1-11H,(H,18,19,20). The van der Waals surface area contributed by atoms with Gasteiger partial charge >= 0.3 is 0 Å². The van der Waals surface area contributed by atoms with Crippen LogP contribution >= 0.6 is 11.6 Å². The molecule has 0 atom stereocenters. The van der Waals surface area contributed by atoms with E-state index >= 15 is 0 Å². The molecule has 3 rings (SSSR count). The number of anilines is 1. The second-order valence-corrected chi connectivity index (χ2v) is 6.81. The molecule has 0 aliphatic carbocycles. The summed E-state index contributed by atoms with van der Waals surface area (Å²) in [5.74, 6) is 0.00586. The molecule has 2 aromatic carbocycles. The Morgan fingerprint density at radius 3 is 2.48 bits per heavy atom. The summed E-state index contributed by atoms with van der Waals surface area (Å²) in [5, 5.41) is 0.340. The summed E-state index contributed by atoms with van der Waals surface area (Å²) in [7, 11) is -3.79. The van der Waals surface area contributed by atoms with Crippen molar-refractivity contribution < 1.29 is 8.42 Å². The number of sulfonamides is 1. The van der Waals surface area contributed by atoms with Crippen molar-refractivity contribution in [2.24, 2.45) is 0 Å². The maximum atomic E-state index is 12.4. The molecule has 0 amide bonds. The van der Waals surface area contributed by atoms with E-state index in [2.05, 4.69) is 14.7 Å². The van der Waals surface area contributed by atoms with Crippen molar-refractivity contribution in [3.63, 3.8) is 0 Å². The summed E-state index contributed by atoms with van der Waals surface area (Å²) in [4.78, 5) is 8.26. The number of rotatable bonds is 4. The van der Waals surface area contributed by atoms with Gasteiger partial charge in [-0.2, -0.15) is 0 Å². The smallest absolute Gasteiger partial charge is 0.247 e. The predicted octanol–water partition coefficient (Wildman–Crippen LogP) is 3.60. The van der Waals surface area contributed by atoms with Crippen LogP contribution in [0.1, 0.15) is 0 Å². The minimum Gasteiger partial charge on any atom is -0.247 e. The molecule has 0 aliphatic rings. The maximum Gasteiger partial charge on any atom is 0.264 e. The highest BCUT2D eigenvalue weighted by molar-refractivity contribution is 7.92. The fourth-order valence-corrected chi connectivity index (χ4v) is 3.24. The molecule has 0 fully saturated rings. The van der Waals surface area contributed by atoms with E-state index in [1.807, 2.05) is 30.3 Å². The third-order valence-electron chi connectivity index (χ3n) is 3.06. The van der Waals surface area contributed by atoms with Gasteiger partial charge in [0, 0.05) is 16.8 Å². The van der Waals surface area contributed by atoms with Crippen LogP contribution < -0.4 is 4.72 Å². The van der Waals surface area contributed by atoms with Crippen LogP contribution in [-0.4, -0.2) is 18.4 Å². The van der Waals surface area contributed by atoms with Gasteiger partial charge in [0.05, 0.1) is 10.6 Å². The molecule has 1 aromatic heterocycles. The Balaban J connectivity index is 1.91. The topological polar surface area (TPSA) is 72.0 Å². The minimum atomic E-state index is -3.79. The van der Waals surface area contributed by atoms with Crippen LogP contribution in [0, 0.1) is 0 Å². The summed E-state index contributed by atoms with van der Waals surface area (Å²) >= 11 is 5.84. The highest BCUT2D eigenvalue weighted by Gasteiger charge is 2.16. The zero-order valence-electron chi connectivity index (χ0n) is 11.8. The Morgan fingerprint density at radius 2 is 1.74 bits per heavy atom. The van der Waals surface area contributed by atoms with Crippen LogP contribution in [0.2, 0.25) is 5.02 Å². The van der Waals surface area contributed by atoms with Gasteiger partial charge < -0.3 is 0 Å². The van der Waals surface area contributed by atoms with Crippen LogP contribution in [0.5, 0.6) is 0 Å². The van der Waals surface area contributed by atoms with E-state index in [1.54, 1.807) is 18.2 Å². The lowest BCUT2D eigenvalue weighted by Gasteiger charge is -2.08. The number of hydrogen-bond acceptors (Lipinski definition) is 4. The van der Waals surface area contributed by atoms with E-state index in [9.17, 15) is 8.42 Å². The monoisotopic (exact) mass is 345 g/mol. The van der Waals surface area contributed by atoms with Crippen LogP contribution in [0.25, 0.3) is 11.3 Å².